The standard InChI is InChI=1S/C19H28N4S.HI/c1-5-18-23-17(13-24-18)12-22-19(20-6-2)21-11-15(4)16-9-7-8-14(3)10-16;/h7-10,13,15H,5-6,11-12H2,1-4H3,(H2,20,21,22);1H. The summed E-state index contributed by atoms with van der Waals surface area (Å²) in [5.41, 5.74) is 3.70. The van der Waals surface area contributed by atoms with E-state index in [0.717, 1.165) is 31.2 Å². The number of aliphatic imine (C=N–C) groups is 1. The number of aromatic nitrogens is 1. The Morgan fingerprint density at radius 1 is 1.28 bits per heavy atom. The van der Waals surface area contributed by atoms with E-state index in [1.807, 2.05) is 0 Å². The first kappa shape index (κ1) is 21.9. The lowest BCUT2D eigenvalue weighted by Crippen LogP contribution is -2.39. The Bertz CT molecular complexity index is 669. The molecule has 2 aromatic rings. The van der Waals surface area contributed by atoms with Gasteiger partial charge in [0.1, 0.15) is 0 Å². The molecule has 0 saturated carbocycles. The molecule has 0 fully saturated rings. The number of hydrogen-bond donors (Lipinski definition) is 2. The predicted octanol–water partition coefficient (Wildman–Crippen LogP) is 4.49. The maximum Gasteiger partial charge on any atom is 0.191 e. The van der Waals surface area contributed by atoms with E-state index in [2.05, 4.69) is 78.0 Å². The van der Waals surface area contributed by atoms with E-state index in [-0.39, 0.29) is 24.0 Å². The molecule has 0 aliphatic carbocycles. The third kappa shape index (κ3) is 7.32. The van der Waals surface area contributed by atoms with Gasteiger partial charge in [0.15, 0.2) is 5.96 Å². The molecular formula is C19H29IN4S. The molecule has 0 aliphatic heterocycles. The maximum absolute atomic E-state index is 4.65. The van der Waals surface area contributed by atoms with Crippen LogP contribution < -0.4 is 10.6 Å². The van der Waals surface area contributed by atoms with E-state index in [1.165, 1.54) is 16.1 Å². The van der Waals surface area contributed by atoms with Crippen molar-refractivity contribution in [2.24, 2.45) is 4.99 Å². The molecule has 25 heavy (non-hydrogen) atoms. The van der Waals surface area contributed by atoms with Gasteiger partial charge in [-0.3, -0.25) is 0 Å². The number of rotatable bonds is 7. The monoisotopic (exact) mass is 472 g/mol. The van der Waals surface area contributed by atoms with Gasteiger partial charge in [-0.25, -0.2) is 9.98 Å². The molecule has 0 bridgehead atoms. The topological polar surface area (TPSA) is 49.3 Å². The number of nitrogens with one attached hydrogen (secondary N) is 2. The van der Waals surface area contributed by atoms with Gasteiger partial charge in [0, 0.05) is 18.5 Å². The number of benzene rings is 1. The van der Waals surface area contributed by atoms with Crippen LogP contribution in [-0.4, -0.2) is 24.0 Å². The molecule has 6 heteroatoms. The average Bonchev–Trinajstić information content (AvgIpc) is 3.05. The second kappa shape index (κ2) is 11.5. The van der Waals surface area contributed by atoms with Crippen LogP contribution in [0.3, 0.4) is 0 Å². The van der Waals surface area contributed by atoms with E-state index < -0.39 is 0 Å². The molecule has 1 aromatic carbocycles. The van der Waals surface area contributed by atoms with Crippen molar-refractivity contribution in [3.8, 4) is 0 Å². The van der Waals surface area contributed by atoms with Gasteiger partial charge in [-0.2, -0.15) is 0 Å². The molecule has 0 aliphatic rings. The third-order valence-electron chi connectivity index (χ3n) is 3.83. The maximum atomic E-state index is 4.65. The minimum atomic E-state index is 0. The van der Waals surface area contributed by atoms with Crippen LogP contribution in [0.1, 0.15) is 48.5 Å². The van der Waals surface area contributed by atoms with Crippen LogP contribution in [-0.2, 0) is 13.0 Å². The first-order valence-corrected chi connectivity index (χ1v) is 9.52. The fraction of sp³-hybridized carbons (Fsp3) is 0.474. The molecule has 1 atom stereocenters. The summed E-state index contributed by atoms with van der Waals surface area (Å²) in [6, 6.07) is 8.69. The number of nitrogens with zero attached hydrogens (tertiary/aromatic N) is 2. The Morgan fingerprint density at radius 2 is 2.08 bits per heavy atom. The van der Waals surface area contributed by atoms with Crippen molar-refractivity contribution in [1.29, 1.82) is 0 Å². The molecule has 0 spiro atoms. The molecule has 138 valence electrons. The third-order valence-corrected chi connectivity index (χ3v) is 4.87. The van der Waals surface area contributed by atoms with Crippen LogP contribution >= 0.6 is 35.3 Å². The van der Waals surface area contributed by atoms with Crippen molar-refractivity contribution in [1.82, 2.24) is 15.6 Å². The van der Waals surface area contributed by atoms with Crippen LogP contribution in [0.5, 0.6) is 0 Å². The van der Waals surface area contributed by atoms with E-state index in [9.17, 15) is 0 Å². The summed E-state index contributed by atoms with van der Waals surface area (Å²) in [6.45, 7) is 10.9. The minimum Gasteiger partial charge on any atom is -0.357 e. The molecule has 2 N–H and O–H groups in total. The summed E-state index contributed by atoms with van der Waals surface area (Å²) < 4.78 is 0. The minimum absolute atomic E-state index is 0. The van der Waals surface area contributed by atoms with Crippen molar-refractivity contribution >= 4 is 41.3 Å². The quantitative estimate of drug-likeness (QED) is 0.355. The molecule has 0 radical (unpaired) electrons. The summed E-state index contributed by atoms with van der Waals surface area (Å²) in [7, 11) is 0. The zero-order chi connectivity index (χ0) is 17.4. The van der Waals surface area contributed by atoms with Gasteiger partial charge in [0.25, 0.3) is 0 Å². The van der Waals surface area contributed by atoms with Crippen LogP contribution in [0.15, 0.2) is 34.6 Å². The Hall–Kier alpha value is -1.15. The zero-order valence-electron chi connectivity index (χ0n) is 15.5. The number of thiazole rings is 1. The highest BCUT2D eigenvalue weighted by Gasteiger charge is 2.07. The number of hydrogen-bond acceptors (Lipinski definition) is 3. The van der Waals surface area contributed by atoms with Crippen LogP contribution in [0, 0.1) is 6.92 Å². The fourth-order valence-electron chi connectivity index (χ4n) is 2.43. The normalized spacial score (nSPS) is 12.4. The highest BCUT2D eigenvalue weighted by molar-refractivity contribution is 14.0. The van der Waals surface area contributed by atoms with Gasteiger partial charge in [-0.1, -0.05) is 43.7 Å². The Labute approximate surface area is 172 Å². The molecule has 2 rings (SSSR count). The van der Waals surface area contributed by atoms with Gasteiger partial charge in [0.05, 0.1) is 17.2 Å². The smallest absolute Gasteiger partial charge is 0.191 e. The van der Waals surface area contributed by atoms with Crippen molar-refractivity contribution in [3.63, 3.8) is 0 Å². The van der Waals surface area contributed by atoms with Crippen molar-refractivity contribution in [3.05, 3.63) is 51.5 Å². The fourth-order valence-corrected chi connectivity index (χ4v) is 3.17. The average molecular weight is 472 g/mol. The highest BCUT2D eigenvalue weighted by Crippen LogP contribution is 2.15. The highest BCUT2D eigenvalue weighted by atomic mass is 127. The Kier molecular flexibility index (Phi) is 10.0. The molecule has 0 amide bonds. The van der Waals surface area contributed by atoms with E-state index >= 15 is 0 Å². The lowest BCUT2D eigenvalue weighted by atomic mass is 9.99. The van der Waals surface area contributed by atoms with Crippen molar-refractivity contribution < 1.29 is 0 Å². The number of guanidine groups is 1. The van der Waals surface area contributed by atoms with E-state index in [4.69, 9.17) is 0 Å². The molecular weight excluding hydrogens is 443 g/mol. The summed E-state index contributed by atoms with van der Waals surface area (Å²) in [5.74, 6) is 1.28. The summed E-state index contributed by atoms with van der Waals surface area (Å²) in [4.78, 5) is 9.22. The lowest BCUT2D eigenvalue weighted by Gasteiger charge is -2.16. The first-order valence-electron chi connectivity index (χ1n) is 8.64. The molecule has 1 aromatic heterocycles. The number of halogens is 1. The van der Waals surface area contributed by atoms with Gasteiger partial charge in [-0.05, 0) is 31.7 Å². The van der Waals surface area contributed by atoms with Crippen LogP contribution in [0.25, 0.3) is 0 Å². The van der Waals surface area contributed by atoms with Crippen LogP contribution in [0.4, 0.5) is 0 Å². The SMILES string of the molecule is CCNC(=NCc1csc(CC)n1)NCC(C)c1cccc(C)c1.I. The lowest BCUT2D eigenvalue weighted by molar-refractivity contribution is 0.698. The second-order valence-electron chi connectivity index (χ2n) is 5.98. The van der Waals surface area contributed by atoms with E-state index in [1.54, 1.807) is 11.3 Å². The summed E-state index contributed by atoms with van der Waals surface area (Å²) in [5, 5.41) is 10.0. The molecule has 1 heterocycles. The first-order chi connectivity index (χ1) is 11.6. The Morgan fingerprint density at radius 3 is 2.72 bits per heavy atom. The molecule has 0 saturated heterocycles. The van der Waals surface area contributed by atoms with Crippen molar-refractivity contribution in [2.75, 3.05) is 13.1 Å². The van der Waals surface area contributed by atoms with Gasteiger partial charge in [0.2, 0.25) is 0 Å². The van der Waals surface area contributed by atoms with Crippen LogP contribution in [0.2, 0.25) is 0 Å². The second-order valence-corrected chi connectivity index (χ2v) is 6.92. The molecule has 4 nitrogen and oxygen atoms in total. The summed E-state index contributed by atoms with van der Waals surface area (Å²) >= 11 is 1.71. The number of aryl methyl sites for hydroxylation is 2. The van der Waals surface area contributed by atoms with Gasteiger partial charge in [-0.15, -0.1) is 35.3 Å². The largest absolute Gasteiger partial charge is 0.357 e. The van der Waals surface area contributed by atoms with E-state index in [0.29, 0.717) is 12.5 Å². The van der Waals surface area contributed by atoms with Gasteiger partial charge < -0.3 is 10.6 Å². The zero-order valence-corrected chi connectivity index (χ0v) is 18.7. The summed E-state index contributed by atoms with van der Waals surface area (Å²) in [6.07, 6.45) is 0.987. The molecule has 1 unspecified atom stereocenters. The Balaban J connectivity index is 0.00000312. The van der Waals surface area contributed by atoms with Crippen molar-refractivity contribution in [2.45, 2.75) is 46.6 Å². The van der Waals surface area contributed by atoms with Gasteiger partial charge >= 0.3 is 0 Å². The predicted molar refractivity (Wildman–Crippen MR) is 119 cm³/mol.